The predicted octanol–water partition coefficient (Wildman–Crippen LogP) is -0.260. The summed E-state index contributed by atoms with van der Waals surface area (Å²) in [5.74, 6) is -1.08. The second-order valence-electron chi connectivity index (χ2n) is 7.88. The summed E-state index contributed by atoms with van der Waals surface area (Å²) in [4.78, 5) is 37.8. The van der Waals surface area contributed by atoms with Crippen LogP contribution in [0.2, 0.25) is 0 Å². The van der Waals surface area contributed by atoms with Gasteiger partial charge in [0.05, 0.1) is 6.61 Å². The van der Waals surface area contributed by atoms with Crippen LogP contribution in [0, 0.1) is 5.92 Å². The van der Waals surface area contributed by atoms with Crippen molar-refractivity contribution in [2.24, 2.45) is 11.7 Å². The summed E-state index contributed by atoms with van der Waals surface area (Å²) < 4.78 is 4.79. The Balaban J connectivity index is 3.25. The van der Waals surface area contributed by atoms with Gasteiger partial charge in [-0.25, -0.2) is 4.79 Å². The number of primary amides is 1. The van der Waals surface area contributed by atoms with E-state index in [-0.39, 0.29) is 38.1 Å². The van der Waals surface area contributed by atoms with Crippen molar-refractivity contribution in [1.82, 2.24) is 15.5 Å². The Hall–Kier alpha value is -2.13. The van der Waals surface area contributed by atoms with Gasteiger partial charge in [0, 0.05) is 37.5 Å². The van der Waals surface area contributed by atoms with E-state index < -0.39 is 29.1 Å². The van der Waals surface area contributed by atoms with Crippen molar-refractivity contribution in [3.05, 3.63) is 12.7 Å². The largest absolute Gasteiger partial charge is 0.448 e. The number of carbonyl (C=O) groups excluding carboxylic acids is 3. The Morgan fingerprint density at radius 2 is 2.04 bits per heavy atom. The van der Waals surface area contributed by atoms with Gasteiger partial charge in [-0.05, 0) is 27.2 Å². The Kier molecular flexibility index (Phi) is 7.79. The third-order valence-electron chi connectivity index (χ3n) is 4.54. The molecular formula is C18H32N4O5. The minimum atomic E-state index is -1.24. The fourth-order valence-electron chi connectivity index (χ4n) is 3.62. The van der Waals surface area contributed by atoms with Crippen LogP contribution in [0.25, 0.3) is 0 Å². The first-order chi connectivity index (χ1) is 12.5. The van der Waals surface area contributed by atoms with E-state index in [0.717, 1.165) is 0 Å². The van der Waals surface area contributed by atoms with Gasteiger partial charge in [-0.2, -0.15) is 0 Å². The molecule has 1 aliphatic rings. The number of rotatable bonds is 8. The lowest BCUT2D eigenvalue weighted by atomic mass is 9.79. The average molecular weight is 384 g/mol. The molecule has 0 aromatic rings. The first-order valence-electron chi connectivity index (χ1n) is 8.96. The third-order valence-corrected chi connectivity index (χ3v) is 4.54. The standard InChI is InChI=1S/C18H32N4O5/c1-6-7-13-14(10-23)22(8-9-27-16(19)26)11-18(13,20-12(2)24)15(25)21-17(3,4)5/h6,13-14,23H,1,7-11H2,2-5H3,(H2,19,26)(H,20,24)(H,21,25)/t13?,14-,18?/m1/s1. The summed E-state index contributed by atoms with van der Waals surface area (Å²) >= 11 is 0. The third kappa shape index (κ3) is 5.93. The molecule has 2 unspecified atom stereocenters. The first-order valence-corrected chi connectivity index (χ1v) is 8.96. The van der Waals surface area contributed by atoms with Gasteiger partial charge in [0.2, 0.25) is 11.8 Å². The Labute approximate surface area is 160 Å². The number of allylic oxidation sites excluding steroid dienone is 1. The van der Waals surface area contributed by atoms with Crippen LogP contribution < -0.4 is 16.4 Å². The second kappa shape index (κ2) is 9.18. The molecule has 0 aromatic heterocycles. The van der Waals surface area contributed by atoms with Crippen molar-refractivity contribution in [1.29, 1.82) is 0 Å². The summed E-state index contributed by atoms with van der Waals surface area (Å²) in [5, 5.41) is 15.7. The van der Waals surface area contributed by atoms with Crippen molar-refractivity contribution >= 4 is 17.9 Å². The normalized spacial score (nSPS) is 25.7. The highest BCUT2D eigenvalue weighted by Crippen LogP contribution is 2.37. The fourth-order valence-corrected chi connectivity index (χ4v) is 3.62. The van der Waals surface area contributed by atoms with E-state index in [9.17, 15) is 19.5 Å². The number of aliphatic hydroxyl groups excluding tert-OH is 1. The molecule has 3 amide bonds. The molecule has 154 valence electrons. The van der Waals surface area contributed by atoms with Gasteiger partial charge < -0.3 is 26.2 Å². The van der Waals surface area contributed by atoms with E-state index in [1.54, 1.807) is 6.08 Å². The molecule has 1 saturated heterocycles. The van der Waals surface area contributed by atoms with Crippen molar-refractivity contribution in [3.8, 4) is 0 Å². The maximum atomic E-state index is 13.2. The zero-order chi connectivity index (χ0) is 20.8. The van der Waals surface area contributed by atoms with E-state index in [0.29, 0.717) is 6.42 Å². The Morgan fingerprint density at radius 3 is 2.48 bits per heavy atom. The number of hydrogen-bond acceptors (Lipinski definition) is 6. The molecule has 1 fully saturated rings. The number of ether oxygens (including phenoxy) is 1. The van der Waals surface area contributed by atoms with Crippen LogP contribution >= 0.6 is 0 Å². The van der Waals surface area contributed by atoms with E-state index in [1.807, 2.05) is 25.7 Å². The molecule has 0 aromatic carbocycles. The molecule has 0 aliphatic carbocycles. The lowest BCUT2D eigenvalue weighted by Crippen LogP contribution is -2.66. The SMILES string of the molecule is C=CCC1[C@@H](CO)N(CCOC(N)=O)CC1(NC(C)=O)C(=O)NC(C)(C)C. The molecule has 9 heteroatoms. The zero-order valence-corrected chi connectivity index (χ0v) is 16.6. The lowest BCUT2D eigenvalue weighted by Gasteiger charge is -2.37. The smallest absolute Gasteiger partial charge is 0.404 e. The summed E-state index contributed by atoms with van der Waals surface area (Å²) in [6.07, 6.45) is 1.18. The van der Waals surface area contributed by atoms with E-state index in [1.165, 1.54) is 6.92 Å². The van der Waals surface area contributed by atoms with Gasteiger partial charge >= 0.3 is 6.09 Å². The summed E-state index contributed by atoms with van der Waals surface area (Å²) in [5.41, 5.74) is 3.25. The number of nitrogens with one attached hydrogen (secondary N) is 2. The maximum absolute atomic E-state index is 13.2. The number of aliphatic hydroxyl groups is 1. The molecule has 27 heavy (non-hydrogen) atoms. The van der Waals surface area contributed by atoms with Crippen LogP contribution in [-0.4, -0.2) is 71.3 Å². The van der Waals surface area contributed by atoms with Crippen LogP contribution in [0.1, 0.15) is 34.1 Å². The summed E-state index contributed by atoms with van der Waals surface area (Å²) in [6.45, 7) is 10.9. The first kappa shape index (κ1) is 22.9. The molecule has 3 atom stereocenters. The maximum Gasteiger partial charge on any atom is 0.404 e. The van der Waals surface area contributed by atoms with Crippen molar-refractivity contribution in [3.63, 3.8) is 0 Å². The molecule has 0 radical (unpaired) electrons. The minimum absolute atomic E-state index is 0.0175. The Bertz CT molecular complexity index is 575. The number of nitrogens with zero attached hydrogens (tertiary/aromatic N) is 1. The van der Waals surface area contributed by atoms with Crippen LogP contribution in [0.3, 0.4) is 0 Å². The summed E-state index contributed by atoms with van der Waals surface area (Å²) in [6, 6.07) is -0.419. The van der Waals surface area contributed by atoms with Gasteiger partial charge in [-0.1, -0.05) is 6.08 Å². The molecule has 0 spiro atoms. The minimum Gasteiger partial charge on any atom is -0.448 e. The number of amides is 3. The van der Waals surface area contributed by atoms with E-state index in [2.05, 4.69) is 17.2 Å². The average Bonchev–Trinajstić information content (AvgIpc) is 2.79. The molecule has 9 nitrogen and oxygen atoms in total. The monoisotopic (exact) mass is 384 g/mol. The number of likely N-dealkylation sites (tertiary alicyclic amines) is 1. The van der Waals surface area contributed by atoms with Gasteiger partial charge in [0.15, 0.2) is 0 Å². The second-order valence-corrected chi connectivity index (χ2v) is 7.88. The number of hydrogen-bond donors (Lipinski definition) is 4. The van der Waals surface area contributed by atoms with Gasteiger partial charge in [-0.15, -0.1) is 6.58 Å². The highest BCUT2D eigenvalue weighted by Gasteiger charge is 2.57. The van der Waals surface area contributed by atoms with Gasteiger partial charge in [0.25, 0.3) is 0 Å². The molecule has 1 aliphatic heterocycles. The van der Waals surface area contributed by atoms with Crippen molar-refractivity contribution in [2.75, 3.05) is 26.3 Å². The fraction of sp³-hybridized carbons (Fsp3) is 0.722. The van der Waals surface area contributed by atoms with Crippen LogP contribution in [0.5, 0.6) is 0 Å². The van der Waals surface area contributed by atoms with Gasteiger partial charge in [-0.3, -0.25) is 14.5 Å². The molecule has 0 bridgehead atoms. The lowest BCUT2D eigenvalue weighted by molar-refractivity contribution is -0.135. The molecule has 1 heterocycles. The van der Waals surface area contributed by atoms with Crippen LogP contribution in [-0.2, 0) is 14.3 Å². The number of nitrogens with two attached hydrogens (primary N) is 1. The zero-order valence-electron chi connectivity index (χ0n) is 16.6. The molecular weight excluding hydrogens is 352 g/mol. The van der Waals surface area contributed by atoms with E-state index in [4.69, 9.17) is 10.5 Å². The highest BCUT2D eigenvalue weighted by molar-refractivity contribution is 5.92. The van der Waals surface area contributed by atoms with Crippen LogP contribution in [0.4, 0.5) is 4.79 Å². The molecule has 5 N–H and O–H groups in total. The quantitative estimate of drug-likeness (QED) is 0.426. The predicted molar refractivity (Wildman–Crippen MR) is 101 cm³/mol. The van der Waals surface area contributed by atoms with Crippen LogP contribution in [0.15, 0.2) is 12.7 Å². The topological polar surface area (TPSA) is 134 Å². The van der Waals surface area contributed by atoms with Crippen molar-refractivity contribution < 1.29 is 24.2 Å². The highest BCUT2D eigenvalue weighted by atomic mass is 16.5. The summed E-state index contributed by atoms with van der Waals surface area (Å²) in [7, 11) is 0. The van der Waals surface area contributed by atoms with Crippen molar-refractivity contribution in [2.45, 2.75) is 51.2 Å². The Morgan fingerprint density at radius 1 is 1.41 bits per heavy atom. The number of carbonyl (C=O) groups is 3. The van der Waals surface area contributed by atoms with Gasteiger partial charge in [0.1, 0.15) is 12.1 Å². The molecule has 1 rings (SSSR count). The molecule has 0 saturated carbocycles. The van der Waals surface area contributed by atoms with E-state index >= 15 is 0 Å².